The number of carbonyl (C=O) groups excluding carboxylic acids is 1. The highest BCUT2D eigenvalue weighted by Gasteiger charge is 2.11. The topological polar surface area (TPSA) is 51.5 Å². The standard InChI is InChI=1S/C20H21NO3/c1-14-10-18-16(13-24-19(18)11-15(14)2)12-20(22)21-8-9-23-17-6-4-3-5-7-17/h3-7,10-11,13H,8-9,12H2,1-2H3,(H,21,22). The summed E-state index contributed by atoms with van der Waals surface area (Å²) in [4.78, 5) is 12.1. The van der Waals surface area contributed by atoms with E-state index in [4.69, 9.17) is 9.15 Å². The summed E-state index contributed by atoms with van der Waals surface area (Å²) < 4.78 is 11.1. The lowest BCUT2D eigenvalue weighted by atomic mass is 10.0. The van der Waals surface area contributed by atoms with E-state index in [1.54, 1.807) is 6.26 Å². The molecule has 0 saturated carbocycles. The number of amides is 1. The molecule has 0 aliphatic heterocycles. The maximum atomic E-state index is 12.1. The SMILES string of the molecule is Cc1cc2occ(CC(=O)NCCOc3ccccc3)c2cc1C. The molecule has 0 saturated heterocycles. The number of aryl methyl sites for hydroxylation is 2. The number of furan rings is 1. The van der Waals surface area contributed by atoms with Crippen molar-refractivity contribution in [2.75, 3.05) is 13.2 Å². The highest BCUT2D eigenvalue weighted by Crippen LogP contribution is 2.25. The molecule has 2 aromatic carbocycles. The smallest absolute Gasteiger partial charge is 0.224 e. The van der Waals surface area contributed by atoms with Crippen molar-refractivity contribution in [3.8, 4) is 5.75 Å². The second kappa shape index (κ2) is 7.21. The van der Waals surface area contributed by atoms with Crippen molar-refractivity contribution in [2.45, 2.75) is 20.3 Å². The Bertz CT molecular complexity index is 837. The first-order valence-corrected chi connectivity index (χ1v) is 8.05. The van der Waals surface area contributed by atoms with E-state index < -0.39 is 0 Å². The summed E-state index contributed by atoms with van der Waals surface area (Å²) in [5, 5.41) is 3.88. The van der Waals surface area contributed by atoms with Gasteiger partial charge in [-0.1, -0.05) is 18.2 Å². The van der Waals surface area contributed by atoms with Crippen molar-refractivity contribution >= 4 is 16.9 Å². The van der Waals surface area contributed by atoms with Gasteiger partial charge < -0.3 is 14.5 Å². The Hall–Kier alpha value is -2.75. The molecule has 1 amide bonds. The Morgan fingerprint density at radius 2 is 1.88 bits per heavy atom. The van der Waals surface area contributed by atoms with Gasteiger partial charge in [0, 0.05) is 10.9 Å². The number of carbonyl (C=O) groups is 1. The molecule has 0 fully saturated rings. The summed E-state index contributed by atoms with van der Waals surface area (Å²) >= 11 is 0. The summed E-state index contributed by atoms with van der Waals surface area (Å²) in [6.45, 7) is 5.03. The van der Waals surface area contributed by atoms with Gasteiger partial charge in [-0.15, -0.1) is 0 Å². The number of para-hydroxylation sites is 1. The summed E-state index contributed by atoms with van der Waals surface area (Å²) in [6, 6.07) is 13.7. The number of rotatable bonds is 6. The highest BCUT2D eigenvalue weighted by molar-refractivity contribution is 5.88. The molecule has 0 bridgehead atoms. The van der Waals surface area contributed by atoms with Crippen molar-refractivity contribution in [3.63, 3.8) is 0 Å². The highest BCUT2D eigenvalue weighted by atomic mass is 16.5. The molecule has 1 heterocycles. The summed E-state index contributed by atoms with van der Waals surface area (Å²) in [5.41, 5.74) is 4.12. The molecule has 4 nitrogen and oxygen atoms in total. The van der Waals surface area contributed by atoms with Crippen LogP contribution in [0.25, 0.3) is 11.0 Å². The van der Waals surface area contributed by atoms with Crippen LogP contribution in [0.1, 0.15) is 16.7 Å². The Balaban J connectivity index is 1.53. The van der Waals surface area contributed by atoms with Crippen LogP contribution >= 0.6 is 0 Å². The molecule has 4 heteroatoms. The zero-order valence-electron chi connectivity index (χ0n) is 14.0. The van der Waals surface area contributed by atoms with Gasteiger partial charge in [0.15, 0.2) is 0 Å². The van der Waals surface area contributed by atoms with Crippen molar-refractivity contribution in [2.24, 2.45) is 0 Å². The molecule has 0 aliphatic carbocycles. The number of nitrogens with one attached hydrogen (secondary N) is 1. The van der Waals surface area contributed by atoms with E-state index in [9.17, 15) is 4.79 Å². The lowest BCUT2D eigenvalue weighted by Gasteiger charge is -2.07. The first-order chi connectivity index (χ1) is 11.6. The molecule has 0 atom stereocenters. The molecule has 24 heavy (non-hydrogen) atoms. The molecule has 0 unspecified atom stereocenters. The molecular formula is C20H21NO3. The average Bonchev–Trinajstić information content (AvgIpc) is 2.95. The van der Waals surface area contributed by atoms with Gasteiger partial charge in [0.1, 0.15) is 17.9 Å². The van der Waals surface area contributed by atoms with Crippen molar-refractivity contribution in [1.82, 2.24) is 5.32 Å². The average molecular weight is 323 g/mol. The zero-order chi connectivity index (χ0) is 16.9. The monoisotopic (exact) mass is 323 g/mol. The van der Waals surface area contributed by atoms with Crippen LogP contribution in [0.4, 0.5) is 0 Å². The number of fused-ring (bicyclic) bond motifs is 1. The fourth-order valence-corrected chi connectivity index (χ4v) is 2.58. The van der Waals surface area contributed by atoms with Gasteiger partial charge in [0.2, 0.25) is 5.91 Å². The quantitative estimate of drug-likeness (QED) is 0.702. The summed E-state index contributed by atoms with van der Waals surface area (Å²) in [7, 11) is 0. The minimum absolute atomic E-state index is 0.0346. The van der Waals surface area contributed by atoms with Crippen LogP contribution in [0, 0.1) is 13.8 Å². The molecule has 3 rings (SSSR count). The zero-order valence-corrected chi connectivity index (χ0v) is 14.0. The Morgan fingerprint density at radius 1 is 1.12 bits per heavy atom. The molecule has 0 aliphatic rings. The Labute approximate surface area is 141 Å². The van der Waals surface area contributed by atoms with E-state index in [2.05, 4.69) is 25.2 Å². The van der Waals surface area contributed by atoms with Crippen LogP contribution in [-0.2, 0) is 11.2 Å². The third kappa shape index (κ3) is 3.77. The van der Waals surface area contributed by atoms with E-state index in [0.29, 0.717) is 19.6 Å². The fraction of sp³-hybridized carbons (Fsp3) is 0.250. The lowest BCUT2D eigenvalue weighted by molar-refractivity contribution is -0.120. The summed E-state index contributed by atoms with van der Waals surface area (Å²) in [5.74, 6) is 0.769. The largest absolute Gasteiger partial charge is 0.492 e. The van der Waals surface area contributed by atoms with E-state index >= 15 is 0 Å². The maximum absolute atomic E-state index is 12.1. The van der Waals surface area contributed by atoms with Crippen molar-refractivity contribution in [1.29, 1.82) is 0 Å². The van der Waals surface area contributed by atoms with Crippen molar-refractivity contribution in [3.05, 3.63) is 65.4 Å². The van der Waals surface area contributed by atoms with Gasteiger partial charge in [-0.2, -0.15) is 0 Å². The van der Waals surface area contributed by atoms with Gasteiger partial charge in [-0.3, -0.25) is 4.79 Å². The van der Waals surface area contributed by atoms with Gasteiger partial charge in [0.05, 0.1) is 19.2 Å². The van der Waals surface area contributed by atoms with E-state index in [1.807, 2.05) is 36.4 Å². The molecule has 124 valence electrons. The van der Waals surface area contributed by atoms with Crippen LogP contribution in [0.5, 0.6) is 5.75 Å². The second-order valence-electron chi connectivity index (χ2n) is 5.88. The van der Waals surface area contributed by atoms with Crippen LogP contribution in [-0.4, -0.2) is 19.1 Å². The summed E-state index contributed by atoms with van der Waals surface area (Å²) in [6.07, 6.45) is 1.98. The van der Waals surface area contributed by atoms with Gasteiger partial charge in [-0.25, -0.2) is 0 Å². The van der Waals surface area contributed by atoms with Crippen LogP contribution in [0.3, 0.4) is 0 Å². The fourth-order valence-electron chi connectivity index (χ4n) is 2.58. The van der Waals surface area contributed by atoms with Crippen LogP contribution in [0.15, 0.2) is 53.1 Å². The first-order valence-electron chi connectivity index (χ1n) is 8.05. The number of hydrogen-bond donors (Lipinski definition) is 1. The molecule has 1 N–H and O–H groups in total. The van der Waals surface area contributed by atoms with Gasteiger partial charge >= 0.3 is 0 Å². The molecule has 1 aromatic heterocycles. The minimum Gasteiger partial charge on any atom is -0.492 e. The predicted molar refractivity (Wildman–Crippen MR) is 94.3 cm³/mol. The maximum Gasteiger partial charge on any atom is 0.224 e. The first kappa shape index (κ1) is 16.1. The van der Waals surface area contributed by atoms with Crippen LogP contribution in [0.2, 0.25) is 0 Å². The van der Waals surface area contributed by atoms with E-state index in [1.165, 1.54) is 11.1 Å². The molecule has 0 radical (unpaired) electrons. The second-order valence-corrected chi connectivity index (χ2v) is 5.88. The lowest BCUT2D eigenvalue weighted by Crippen LogP contribution is -2.29. The molecular weight excluding hydrogens is 302 g/mol. The number of ether oxygens (including phenoxy) is 1. The van der Waals surface area contributed by atoms with E-state index in [0.717, 1.165) is 22.3 Å². The van der Waals surface area contributed by atoms with Gasteiger partial charge in [-0.05, 0) is 49.2 Å². The van der Waals surface area contributed by atoms with Crippen LogP contribution < -0.4 is 10.1 Å². The van der Waals surface area contributed by atoms with Gasteiger partial charge in [0.25, 0.3) is 0 Å². The van der Waals surface area contributed by atoms with E-state index in [-0.39, 0.29) is 5.91 Å². The third-order valence-corrected chi connectivity index (χ3v) is 4.06. The third-order valence-electron chi connectivity index (χ3n) is 4.06. The molecule has 3 aromatic rings. The Morgan fingerprint density at radius 3 is 2.67 bits per heavy atom. The molecule has 0 spiro atoms. The number of benzene rings is 2. The normalized spacial score (nSPS) is 10.8. The van der Waals surface area contributed by atoms with Crippen molar-refractivity contribution < 1.29 is 13.9 Å². The number of hydrogen-bond acceptors (Lipinski definition) is 3. The Kier molecular flexibility index (Phi) is 4.85. The minimum atomic E-state index is -0.0346. The predicted octanol–water partition coefficient (Wildman–Crippen LogP) is 3.79.